The number of nitrogens with one attached hydrogen (secondary N) is 1. The first-order chi connectivity index (χ1) is 8.85. The number of benzene rings is 1. The van der Waals surface area contributed by atoms with Crippen LogP contribution < -0.4 is 19.7 Å². The highest BCUT2D eigenvalue weighted by atomic mass is 16.5. The van der Waals surface area contributed by atoms with Crippen molar-refractivity contribution in [3.05, 3.63) is 18.2 Å². The molecule has 0 spiro atoms. The third kappa shape index (κ3) is 3.07. The molecule has 0 saturated carbocycles. The van der Waals surface area contributed by atoms with Gasteiger partial charge in [-0.3, -0.25) is 0 Å². The molecule has 1 aliphatic heterocycles. The fourth-order valence-corrected chi connectivity index (χ4v) is 2.31. The van der Waals surface area contributed by atoms with Gasteiger partial charge >= 0.3 is 0 Å². The molecule has 18 heavy (non-hydrogen) atoms. The zero-order chi connectivity index (χ0) is 12.8. The number of hydrogen-bond acceptors (Lipinski definition) is 4. The topological polar surface area (TPSA) is 33.7 Å². The lowest BCUT2D eigenvalue weighted by molar-refractivity contribution is 0.402. The van der Waals surface area contributed by atoms with E-state index in [-0.39, 0.29) is 0 Å². The largest absolute Gasteiger partial charge is 0.497 e. The van der Waals surface area contributed by atoms with Gasteiger partial charge in [-0.25, -0.2) is 0 Å². The Bertz CT molecular complexity index is 374. The Kier molecular flexibility index (Phi) is 4.70. The third-order valence-corrected chi connectivity index (χ3v) is 3.29. The number of rotatable bonds is 3. The molecule has 0 unspecified atom stereocenters. The van der Waals surface area contributed by atoms with Crippen molar-refractivity contribution in [2.24, 2.45) is 0 Å². The van der Waals surface area contributed by atoms with Crippen molar-refractivity contribution in [3.63, 3.8) is 0 Å². The quantitative estimate of drug-likeness (QED) is 0.888. The highest BCUT2D eigenvalue weighted by molar-refractivity contribution is 5.61. The van der Waals surface area contributed by atoms with E-state index in [4.69, 9.17) is 9.47 Å². The Morgan fingerprint density at radius 3 is 2.39 bits per heavy atom. The first-order valence-electron chi connectivity index (χ1n) is 6.53. The van der Waals surface area contributed by atoms with Crippen LogP contribution in [0.4, 0.5) is 5.69 Å². The van der Waals surface area contributed by atoms with Gasteiger partial charge < -0.3 is 19.7 Å². The lowest BCUT2D eigenvalue weighted by Crippen LogP contribution is -2.34. The molecule has 0 atom stereocenters. The minimum Gasteiger partial charge on any atom is -0.497 e. The van der Waals surface area contributed by atoms with Gasteiger partial charge in [0.1, 0.15) is 11.5 Å². The Morgan fingerprint density at radius 2 is 1.78 bits per heavy atom. The van der Waals surface area contributed by atoms with Crippen LogP contribution in [0.3, 0.4) is 0 Å². The SMILES string of the molecule is COc1ccc(OC)c(N2CCCNCCC2)c1. The van der Waals surface area contributed by atoms with Crippen LogP contribution in [0.5, 0.6) is 11.5 Å². The Labute approximate surface area is 109 Å². The van der Waals surface area contributed by atoms with E-state index in [0.29, 0.717) is 0 Å². The summed E-state index contributed by atoms with van der Waals surface area (Å²) in [7, 11) is 3.42. The van der Waals surface area contributed by atoms with Gasteiger partial charge in [-0.2, -0.15) is 0 Å². The second-order valence-corrected chi connectivity index (χ2v) is 4.48. The Morgan fingerprint density at radius 1 is 1.06 bits per heavy atom. The van der Waals surface area contributed by atoms with Crippen LogP contribution in [-0.2, 0) is 0 Å². The molecule has 0 amide bonds. The summed E-state index contributed by atoms with van der Waals surface area (Å²) in [5.41, 5.74) is 1.14. The van der Waals surface area contributed by atoms with Crippen LogP contribution >= 0.6 is 0 Å². The molecule has 1 N–H and O–H groups in total. The highest BCUT2D eigenvalue weighted by Crippen LogP contribution is 2.32. The number of methoxy groups -OCH3 is 2. The molecule has 0 radical (unpaired) electrons. The average molecular weight is 250 g/mol. The summed E-state index contributed by atoms with van der Waals surface area (Å²) in [6.07, 6.45) is 2.31. The molecule has 1 aromatic carbocycles. The lowest BCUT2D eigenvalue weighted by Gasteiger charge is -2.28. The van der Waals surface area contributed by atoms with E-state index in [1.807, 2.05) is 12.1 Å². The van der Waals surface area contributed by atoms with Gasteiger partial charge in [0.05, 0.1) is 19.9 Å². The second-order valence-electron chi connectivity index (χ2n) is 4.48. The molecule has 0 aliphatic carbocycles. The van der Waals surface area contributed by atoms with Crippen LogP contribution in [0.2, 0.25) is 0 Å². The third-order valence-electron chi connectivity index (χ3n) is 3.29. The molecule has 1 aliphatic rings. The van der Waals surface area contributed by atoms with E-state index < -0.39 is 0 Å². The summed E-state index contributed by atoms with van der Waals surface area (Å²) in [5, 5.41) is 3.43. The predicted octanol–water partition coefficient (Wildman–Crippen LogP) is 1.89. The first-order valence-corrected chi connectivity index (χ1v) is 6.53. The number of ether oxygens (including phenoxy) is 2. The zero-order valence-corrected chi connectivity index (χ0v) is 11.2. The van der Waals surface area contributed by atoms with Crippen molar-refractivity contribution >= 4 is 5.69 Å². The van der Waals surface area contributed by atoms with Crippen molar-refractivity contribution < 1.29 is 9.47 Å². The van der Waals surface area contributed by atoms with Gasteiger partial charge in [-0.05, 0) is 38.1 Å². The molecule has 4 heteroatoms. The minimum atomic E-state index is 0.881. The molecular weight excluding hydrogens is 228 g/mol. The van der Waals surface area contributed by atoms with Crippen molar-refractivity contribution in [3.8, 4) is 11.5 Å². The van der Waals surface area contributed by atoms with Gasteiger partial charge in [0.25, 0.3) is 0 Å². The predicted molar refractivity (Wildman–Crippen MR) is 73.9 cm³/mol. The maximum absolute atomic E-state index is 5.46. The smallest absolute Gasteiger partial charge is 0.142 e. The highest BCUT2D eigenvalue weighted by Gasteiger charge is 2.14. The van der Waals surface area contributed by atoms with Crippen LogP contribution in [0, 0.1) is 0 Å². The molecule has 1 fully saturated rings. The monoisotopic (exact) mass is 250 g/mol. The van der Waals surface area contributed by atoms with Crippen LogP contribution in [-0.4, -0.2) is 40.4 Å². The van der Waals surface area contributed by atoms with Gasteiger partial charge in [0.2, 0.25) is 0 Å². The fourth-order valence-electron chi connectivity index (χ4n) is 2.31. The molecule has 2 rings (SSSR count). The van der Waals surface area contributed by atoms with Gasteiger partial charge in [-0.1, -0.05) is 0 Å². The summed E-state index contributed by atoms with van der Waals surface area (Å²) < 4.78 is 10.8. The molecule has 4 nitrogen and oxygen atoms in total. The Hall–Kier alpha value is -1.42. The minimum absolute atomic E-state index is 0.881. The molecule has 0 aromatic heterocycles. The number of anilines is 1. The van der Waals surface area contributed by atoms with Crippen LogP contribution in [0.1, 0.15) is 12.8 Å². The fraction of sp³-hybridized carbons (Fsp3) is 0.571. The number of hydrogen-bond donors (Lipinski definition) is 1. The molecular formula is C14H22N2O2. The van der Waals surface area contributed by atoms with E-state index in [9.17, 15) is 0 Å². The summed E-state index contributed by atoms with van der Waals surface area (Å²) in [6.45, 7) is 4.28. The zero-order valence-electron chi connectivity index (χ0n) is 11.2. The molecule has 100 valence electrons. The summed E-state index contributed by atoms with van der Waals surface area (Å²) in [4.78, 5) is 2.39. The van der Waals surface area contributed by atoms with Crippen LogP contribution in [0.15, 0.2) is 18.2 Å². The average Bonchev–Trinajstić information content (AvgIpc) is 2.38. The molecule has 1 aromatic rings. The summed E-state index contributed by atoms with van der Waals surface area (Å²) >= 11 is 0. The Balaban J connectivity index is 2.22. The van der Waals surface area contributed by atoms with E-state index in [0.717, 1.165) is 56.2 Å². The lowest BCUT2D eigenvalue weighted by atomic mass is 10.2. The van der Waals surface area contributed by atoms with Crippen molar-refractivity contribution in [2.45, 2.75) is 12.8 Å². The summed E-state index contributed by atoms with van der Waals surface area (Å²) in [6, 6.07) is 5.98. The first kappa shape index (κ1) is 13.0. The van der Waals surface area contributed by atoms with Crippen molar-refractivity contribution in [2.75, 3.05) is 45.3 Å². The normalized spacial score (nSPS) is 16.9. The van der Waals surface area contributed by atoms with E-state index in [1.54, 1.807) is 14.2 Å². The van der Waals surface area contributed by atoms with Crippen molar-refractivity contribution in [1.29, 1.82) is 0 Å². The maximum atomic E-state index is 5.46. The second kappa shape index (κ2) is 6.50. The van der Waals surface area contributed by atoms with E-state index in [2.05, 4.69) is 16.3 Å². The molecule has 0 bridgehead atoms. The molecule has 1 saturated heterocycles. The molecule has 1 heterocycles. The van der Waals surface area contributed by atoms with E-state index >= 15 is 0 Å². The van der Waals surface area contributed by atoms with Crippen molar-refractivity contribution in [1.82, 2.24) is 5.32 Å². The van der Waals surface area contributed by atoms with E-state index in [1.165, 1.54) is 0 Å². The number of nitrogens with zero attached hydrogens (tertiary/aromatic N) is 1. The van der Waals surface area contributed by atoms with Gasteiger partial charge in [0.15, 0.2) is 0 Å². The maximum Gasteiger partial charge on any atom is 0.142 e. The standard InChI is InChI=1S/C14H22N2O2/c1-17-12-5-6-14(18-2)13(11-12)16-9-3-7-15-8-4-10-16/h5-6,11,15H,3-4,7-10H2,1-2H3. The van der Waals surface area contributed by atoms with Crippen LogP contribution in [0.25, 0.3) is 0 Å². The van der Waals surface area contributed by atoms with Gasteiger partial charge in [-0.15, -0.1) is 0 Å². The summed E-state index contributed by atoms with van der Waals surface area (Å²) in [5.74, 6) is 1.80. The van der Waals surface area contributed by atoms with Gasteiger partial charge in [0, 0.05) is 19.2 Å².